The number of carbonyl (C=O) groups excluding carboxylic acids is 1. The first-order chi connectivity index (χ1) is 9.44. The average molecular weight is 289 g/mol. The van der Waals surface area contributed by atoms with Crippen molar-refractivity contribution in [1.29, 1.82) is 0 Å². The minimum atomic E-state index is -1.06. The Balaban J connectivity index is 4.20. The summed E-state index contributed by atoms with van der Waals surface area (Å²) in [6.07, 6.45) is 0.240. The molecule has 2 unspecified atom stereocenters. The quantitative estimate of drug-likeness (QED) is 0.545. The summed E-state index contributed by atoms with van der Waals surface area (Å²) in [5.41, 5.74) is 0. The standard InChI is InChI=1S/C13H27N3O4/c1-5-16(6-2)9-10(3)14-13(19)15-11(12(17)18)7-8-20-4/h10-11H,5-9H2,1-4H3,(H,17,18)(H2,14,15,19). The van der Waals surface area contributed by atoms with Crippen molar-refractivity contribution in [3.05, 3.63) is 0 Å². The van der Waals surface area contributed by atoms with E-state index in [2.05, 4.69) is 29.4 Å². The third kappa shape index (κ3) is 7.96. The van der Waals surface area contributed by atoms with Crippen molar-refractivity contribution >= 4 is 12.0 Å². The Morgan fingerprint density at radius 2 is 1.85 bits per heavy atom. The number of amides is 2. The van der Waals surface area contributed by atoms with Crippen molar-refractivity contribution in [3.63, 3.8) is 0 Å². The van der Waals surface area contributed by atoms with E-state index in [0.717, 1.165) is 19.6 Å². The lowest BCUT2D eigenvalue weighted by Crippen LogP contribution is -2.51. The number of hydrogen-bond donors (Lipinski definition) is 3. The predicted octanol–water partition coefficient (Wildman–Crippen LogP) is 0.506. The molecule has 0 aliphatic carbocycles. The molecule has 3 N–H and O–H groups in total. The van der Waals surface area contributed by atoms with Crippen LogP contribution in [0, 0.1) is 0 Å². The van der Waals surface area contributed by atoms with Gasteiger partial charge in [-0.25, -0.2) is 9.59 Å². The van der Waals surface area contributed by atoms with Crippen LogP contribution in [0.15, 0.2) is 0 Å². The van der Waals surface area contributed by atoms with Crippen LogP contribution in [0.2, 0.25) is 0 Å². The van der Waals surface area contributed by atoms with Crippen LogP contribution in [0.5, 0.6) is 0 Å². The molecule has 0 spiro atoms. The molecule has 0 rings (SSSR count). The van der Waals surface area contributed by atoms with Crippen LogP contribution in [-0.4, -0.2) is 67.4 Å². The van der Waals surface area contributed by atoms with Crippen molar-refractivity contribution in [2.75, 3.05) is 33.4 Å². The van der Waals surface area contributed by atoms with Crippen molar-refractivity contribution < 1.29 is 19.4 Å². The van der Waals surface area contributed by atoms with Gasteiger partial charge in [0.25, 0.3) is 0 Å². The van der Waals surface area contributed by atoms with Crippen molar-refractivity contribution in [2.45, 2.75) is 39.3 Å². The summed E-state index contributed by atoms with van der Waals surface area (Å²) in [7, 11) is 1.49. The van der Waals surface area contributed by atoms with Gasteiger partial charge in [0.15, 0.2) is 0 Å². The van der Waals surface area contributed by atoms with Crippen LogP contribution < -0.4 is 10.6 Å². The maximum Gasteiger partial charge on any atom is 0.326 e. The van der Waals surface area contributed by atoms with Gasteiger partial charge in [0, 0.05) is 32.7 Å². The molecule has 0 aromatic rings. The molecule has 0 saturated carbocycles. The highest BCUT2D eigenvalue weighted by Gasteiger charge is 2.20. The van der Waals surface area contributed by atoms with E-state index in [1.165, 1.54) is 7.11 Å². The van der Waals surface area contributed by atoms with Crippen LogP contribution in [-0.2, 0) is 9.53 Å². The number of carboxylic acid groups (broad SMARTS) is 1. The van der Waals surface area contributed by atoms with Crippen LogP contribution in [0.25, 0.3) is 0 Å². The minimum absolute atomic E-state index is 0.0493. The van der Waals surface area contributed by atoms with Gasteiger partial charge in [-0.05, 0) is 20.0 Å². The molecule has 0 radical (unpaired) electrons. The van der Waals surface area contributed by atoms with Crippen LogP contribution in [0.3, 0.4) is 0 Å². The zero-order chi connectivity index (χ0) is 15.5. The van der Waals surface area contributed by atoms with Crippen molar-refractivity contribution in [3.8, 4) is 0 Å². The summed E-state index contributed by atoms with van der Waals surface area (Å²) in [4.78, 5) is 24.9. The van der Waals surface area contributed by atoms with Gasteiger partial charge in [-0.1, -0.05) is 13.8 Å². The zero-order valence-electron chi connectivity index (χ0n) is 12.8. The Kier molecular flexibility index (Phi) is 9.75. The normalized spacial score (nSPS) is 13.8. The van der Waals surface area contributed by atoms with Crippen molar-refractivity contribution in [1.82, 2.24) is 15.5 Å². The molecule has 0 fully saturated rings. The smallest absolute Gasteiger partial charge is 0.326 e. The van der Waals surface area contributed by atoms with E-state index in [1.807, 2.05) is 6.92 Å². The number of aliphatic carboxylic acids is 1. The zero-order valence-corrected chi connectivity index (χ0v) is 12.8. The van der Waals surface area contributed by atoms with E-state index in [-0.39, 0.29) is 19.1 Å². The van der Waals surface area contributed by atoms with Gasteiger partial charge in [-0.3, -0.25) is 0 Å². The first-order valence-electron chi connectivity index (χ1n) is 6.95. The monoisotopic (exact) mass is 289 g/mol. The summed E-state index contributed by atoms with van der Waals surface area (Å²) in [5.74, 6) is -1.06. The predicted molar refractivity (Wildman–Crippen MR) is 76.8 cm³/mol. The third-order valence-electron chi connectivity index (χ3n) is 3.02. The summed E-state index contributed by atoms with van der Waals surface area (Å²) in [5, 5.41) is 14.2. The van der Waals surface area contributed by atoms with E-state index in [1.54, 1.807) is 0 Å². The molecule has 0 aliphatic rings. The molecule has 0 heterocycles. The van der Waals surface area contributed by atoms with Crippen LogP contribution in [0.1, 0.15) is 27.2 Å². The highest BCUT2D eigenvalue weighted by molar-refractivity contribution is 5.82. The second-order valence-corrected chi connectivity index (χ2v) is 4.68. The van der Waals surface area contributed by atoms with Crippen LogP contribution in [0.4, 0.5) is 4.79 Å². The fourth-order valence-electron chi connectivity index (χ4n) is 1.83. The second-order valence-electron chi connectivity index (χ2n) is 4.68. The Bertz CT molecular complexity index is 295. The first-order valence-corrected chi connectivity index (χ1v) is 6.95. The minimum Gasteiger partial charge on any atom is -0.480 e. The lowest BCUT2D eigenvalue weighted by molar-refractivity contribution is -0.139. The lowest BCUT2D eigenvalue weighted by atomic mass is 10.2. The van der Waals surface area contributed by atoms with Gasteiger partial charge in [-0.15, -0.1) is 0 Å². The van der Waals surface area contributed by atoms with E-state index in [9.17, 15) is 9.59 Å². The molecule has 20 heavy (non-hydrogen) atoms. The van der Waals surface area contributed by atoms with E-state index < -0.39 is 18.0 Å². The maximum absolute atomic E-state index is 11.7. The highest BCUT2D eigenvalue weighted by Crippen LogP contribution is 1.95. The Labute approximate surface area is 120 Å². The molecular formula is C13H27N3O4. The number of urea groups is 1. The molecule has 0 aromatic carbocycles. The molecule has 7 nitrogen and oxygen atoms in total. The third-order valence-corrected chi connectivity index (χ3v) is 3.02. The van der Waals surface area contributed by atoms with Gasteiger partial charge in [-0.2, -0.15) is 0 Å². The van der Waals surface area contributed by atoms with Gasteiger partial charge in [0.2, 0.25) is 0 Å². The number of hydrogen-bond acceptors (Lipinski definition) is 4. The topological polar surface area (TPSA) is 90.9 Å². The largest absolute Gasteiger partial charge is 0.480 e. The highest BCUT2D eigenvalue weighted by atomic mass is 16.5. The molecule has 0 bridgehead atoms. The number of carbonyl (C=O) groups is 2. The number of methoxy groups -OCH3 is 1. The van der Waals surface area contributed by atoms with Gasteiger partial charge < -0.3 is 25.4 Å². The van der Waals surface area contributed by atoms with E-state index >= 15 is 0 Å². The van der Waals surface area contributed by atoms with Crippen molar-refractivity contribution in [2.24, 2.45) is 0 Å². The SMILES string of the molecule is CCN(CC)CC(C)NC(=O)NC(CCOC)C(=O)O. The van der Waals surface area contributed by atoms with E-state index in [4.69, 9.17) is 9.84 Å². The number of ether oxygens (including phenoxy) is 1. The number of nitrogens with one attached hydrogen (secondary N) is 2. The fourth-order valence-corrected chi connectivity index (χ4v) is 1.83. The molecule has 0 aromatic heterocycles. The summed E-state index contributed by atoms with van der Waals surface area (Å²) in [6.45, 7) is 8.85. The van der Waals surface area contributed by atoms with E-state index in [0.29, 0.717) is 0 Å². The Morgan fingerprint density at radius 3 is 2.30 bits per heavy atom. The second kappa shape index (κ2) is 10.4. The maximum atomic E-state index is 11.7. The molecule has 2 atom stereocenters. The summed E-state index contributed by atoms with van der Waals surface area (Å²) in [6, 6.07) is -1.45. The Morgan fingerprint density at radius 1 is 1.25 bits per heavy atom. The number of rotatable bonds is 10. The molecular weight excluding hydrogens is 262 g/mol. The number of nitrogens with zero attached hydrogens (tertiary/aromatic N) is 1. The number of likely N-dealkylation sites (N-methyl/N-ethyl adjacent to an activating group) is 1. The van der Waals surface area contributed by atoms with Gasteiger partial charge in [0.1, 0.15) is 6.04 Å². The summed E-state index contributed by atoms with van der Waals surface area (Å²) < 4.78 is 4.83. The molecule has 2 amide bonds. The lowest BCUT2D eigenvalue weighted by Gasteiger charge is -2.24. The molecule has 0 aliphatic heterocycles. The average Bonchev–Trinajstić information content (AvgIpc) is 2.40. The molecule has 118 valence electrons. The summed E-state index contributed by atoms with van der Waals surface area (Å²) >= 11 is 0. The Hall–Kier alpha value is -1.34. The van der Waals surface area contributed by atoms with Gasteiger partial charge >= 0.3 is 12.0 Å². The van der Waals surface area contributed by atoms with Gasteiger partial charge in [0.05, 0.1) is 0 Å². The number of carboxylic acids is 1. The van der Waals surface area contributed by atoms with Crippen LogP contribution >= 0.6 is 0 Å². The first kappa shape index (κ1) is 18.7. The molecule has 0 saturated heterocycles. The fraction of sp³-hybridized carbons (Fsp3) is 0.846. The molecule has 7 heteroatoms.